The van der Waals surface area contributed by atoms with Crippen LogP contribution < -0.4 is 5.73 Å². The van der Waals surface area contributed by atoms with Crippen LogP contribution in [0.5, 0.6) is 0 Å². The number of likely N-dealkylation sites (tertiary alicyclic amines) is 1. The van der Waals surface area contributed by atoms with Gasteiger partial charge in [0.15, 0.2) is 0 Å². The quantitative estimate of drug-likeness (QED) is 0.920. The third-order valence-corrected chi connectivity index (χ3v) is 4.52. The van der Waals surface area contributed by atoms with E-state index in [0.717, 1.165) is 19.0 Å². The average Bonchev–Trinajstić information content (AvgIpc) is 2.37. The van der Waals surface area contributed by atoms with E-state index in [0.29, 0.717) is 0 Å². The predicted molar refractivity (Wildman–Crippen MR) is 89.6 cm³/mol. The number of nitrogens with two attached hydrogens (primary N) is 1. The Kier molecular flexibility index (Phi) is 7.01. The van der Waals surface area contributed by atoms with Crippen molar-refractivity contribution in [3.8, 4) is 0 Å². The van der Waals surface area contributed by atoms with Crippen molar-refractivity contribution in [2.45, 2.75) is 46.6 Å². The minimum Gasteiger partial charge on any atom is -0.330 e. The van der Waals surface area contributed by atoms with Crippen LogP contribution in [0.15, 0.2) is 12.1 Å². The molecule has 1 aliphatic heterocycles. The molecule has 1 unspecified atom stereocenters. The first-order chi connectivity index (χ1) is 9.10. The molecule has 0 saturated carbocycles. The standard InChI is InChI=1S/C17H28N2.ClH/c1-13-9-15(3)17(10-14(13)2)12-19-8-4-5-16(11-19)6-7-18;/h9-10,16H,4-8,11-12,18H2,1-3H3;1H. The van der Waals surface area contributed by atoms with Crippen molar-refractivity contribution in [3.05, 3.63) is 34.4 Å². The van der Waals surface area contributed by atoms with E-state index < -0.39 is 0 Å². The van der Waals surface area contributed by atoms with Gasteiger partial charge in [-0.2, -0.15) is 0 Å². The van der Waals surface area contributed by atoms with E-state index in [-0.39, 0.29) is 12.4 Å². The monoisotopic (exact) mass is 296 g/mol. The normalized spacial score (nSPS) is 19.7. The molecule has 1 atom stereocenters. The summed E-state index contributed by atoms with van der Waals surface area (Å²) in [5, 5.41) is 0. The Balaban J connectivity index is 0.00000200. The Bertz CT molecular complexity index is 429. The van der Waals surface area contributed by atoms with Crippen molar-refractivity contribution in [1.82, 2.24) is 4.90 Å². The molecule has 0 bridgehead atoms. The summed E-state index contributed by atoms with van der Waals surface area (Å²) in [5.74, 6) is 0.811. The van der Waals surface area contributed by atoms with Crippen LogP contribution in [0, 0.1) is 26.7 Å². The van der Waals surface area contributed by atoms with E-state index in [1.54, 1.807) is 0 Å². The van der Waals surface area contributed by atoms with Crippen LogP contribution in [0.2, 0.25) is 0 Å². The van der Waals surface area contributed by atoms with Crippen molar-refractivity contribution >= 4 is 12.4 Å². The van der Waals surface area contributed by atoms with Crippen molar-refractivity contribution in [2.24, 2.45) is 11.7 Å². The van der Waals surface area contributed by atoms with Gasteiger partial charge in [0.05, 0.1) is 0 Å². The summed E-state index contributed by atoms with van der Waals surface area (Å²) in [6.07, 6.45) is 3.87. The van der Waals surface area contributed by atoms with Crippen LogP contribution in [0.3, 0.4) is 0 Å². The van der Waals surface area contributed by atoms with Gasteiger partial charge in [0.1, 0.15) is 0 Å². The molecule has 2 nitrogen and oxygen atoms in total. The van der Waals surface area contributed by atoms with Gasteiger partial charge in [-0.05, 0) is 81.3 Å². The smallest absolute Gasteiger partial charge is 0.0236 e. The number of nitrogens with zero attached hydrogens (tertiary/aromatic N) is 1. The molecule has 20 heavy (non-hydrogen) atoms. The molecule has 2 rings (SSSR count). The Morgan fingerprint density at radius 1 is 1.15 bits per heavy atom. The zero-order chi connectivity index (χ0) is 13.8. The Hall–Kier alpha value is -0.570. The Labute approximate surface area is 130 Å². The highest BCUT2D eigenvalue weighted by molar-refractivity contribution is 5.85. The molecule has 0 spiro atoms. The van der Waals surface area contributed by atoms with Gasteiger partial charge in [-0.3, -0.25) is 4.90 Å². The summed E-state index contributed by atoms with van der Waals surface area (Å²) >= 11 is 0. The molecule has 3 heteroatoms. The van der Waals surface area contributed by atoms with Crippen molar-refractivity contribution in [2.75, 3.05) is 19.6 Å². The summed E-state index contributed by atoms with van der Waals surface area (Å²) in [7, 11) is 0. The van der Waals surface area contributed by atoms with Gasteiger partial charge in [-0.1, -0.05) is 12.1 Å². The first-order valence-corrected chi connectivity index (χ1v) is 7.59. The van der Waals surface area contributed by atoms with E-state index in [1.807, 2.05) is 0 Å². The fourth-order valence-electron chi connectivity index (χ4n) is 3.20. The zero-order valence-corrected chi connectivity index (χ0v) is 13.9. The summed E-state index contributed by atoms with van der Waals surface area (Å²) < 4.78 is 0. The fourth-order valence-corrected chi connectivity index (χ4v) is 3.20. The van der Waals surface area contributed by atoms with Crippen molar-refractivity contribution in [1.29, 1.82) is 0 Å². The van der Waals surface area contributed by atoms with E-state index in [4.69, 9.17) is 5.73 Å². The van der Waals surface area contributed by atoms with Gasteiger partial charge in [-0.25, -0.2) is 0 Å². The lowest BCUT2D eigenvalue weighted by molar-refractivity contribution is 0.163. The second-order valence-electron chi connectivity index (χ2n) is 6.18. The minimum atomic E-state index is 0. The maximum Gasteiger partial charge on any atom is 0.0236 e. The SMILES string of the molecule is Cc1cc(C)c(CN2CCCC(CCN)C2)cc1C.Cl. The largest absolute Gasteiger partial charge is 0.330 e. The summed E-state index contributed by atoms with van der Waals surface area (Å²) in [4.78, 5) is 2.61. The Morgan fingerprint density at radius 3 is 2.55 bits per heavy atom. The van der Waals surface area contributed by atoms with Crippen LogP contribution >= 0.6 is 12.4 Å². The molecule has 0 aliphatic carbocycles. The van der Waals surface area contributed by atoms with Gasteiger partial charge in [0.2, 0.25) is 0 Å². The molecule has 1 aliphatic rings. The lowest BCUT2D eigenvalue weighted by Gasteiger charge is -2.33. The molecule has 1 saturated heterocycles. The van der Waals surface area contributed by atoms with E-state index in [2.05, 4.69) is 37.8 Å². The van der Waals surface area contributed by atoms with Crippen molar-refractivity contribution in [3.63, 3.8) is 0 Å². The second-order valence-corrected chi connectivity index (χ2v) is 6.18. The summed E-state index contributed by atoms with van der Waals surface area (Å²) in [5.41, 5.74) is 11.4. The van der Waals surface area contributed by atoms with Gasteiger partial charge < -0.3 is 5.73 Å². The molecule has 1 aromatic rings. The Morgan fingerprint density at radius 2 is 1.85 bits per heavy atom. The molecular weight excluding hydrogens is 268 g/mol. The van der Waals surface area contributed by atoms with E-state index >= 15 is 0 Å². The number of benzene rings is 1. The number of hydrogen-bond donors (Lipinski definition) is 1. The molecule has 0 radical (unpaired) electrons. The molecule has 1 heterocycles. The number of halogens is 1. The minimum absolute atomic E-state index is 0. The van der Waals surface area contributed by atoms with E-state index in [9.17, 15) is 0 Å². The lowest BCUT2D eigenvalue weighted by atomic mass is 9.93. The average molecular weight is 297 g/mol. The van der Waals surface area contributed by atoms with Crippen LogP contribution in [0.1, 0.15) is 41.5 Å². The number of piperidine rings is 1. The van der Waals surface area contributed by atoms with E-state index in [1.165, 1.54) is 54.6 Å². The highest BCUT2D eigenvalue weighted by atomic mass is 35.5. The molecule has 1 fully saturated rings. The topological polar surface area (TPSA) is 29.3 Å². The summed E-state index contributed by atoms with van der Waals surface area (Å²) in [6.45, 7) is 11.1. The second kappa shape index (κ2) is 8.02. The first kappa shape index (κ1) is 17.5. The number of aryl methyl sites for hydroxylation is 3. The van der Waals surface area contributed by atoms with Crippen LogP contribution in [0.25, 0.3) is 0 Å². The van der Waals surface area contributed by atoms with Crippen LogP contribution in [0.4, 0.5) is 0 Å². The maximum atomic E-state index is 5.70. The predicted octanol–water partition coefficient (Wildman–Crippen LogP) is 3.59. The van der Waals surface area contributed by atoms with Crippen LogP contribution in [-0.2, 0) is 6.54 Å². The molecule has 1 aromatic carbocycles. The third-order valence-electron chi connectivity index (χ3n) is 4.52. The third kappa shape index (κ3) is 4.47. The molecule has 2 N–H and O–H groups in total. The van der Waals surface area contributed by atoms with Gasteiger partial charge >= 0.3 is 0 Å². The highest BCUT2D eigenvalue weighted by Gasteiger charge is 2.19. The summed E-state index contributed by atoms with van der Waals surface area (Å²) in [6, 6.07) is 4.70. The molecule has 114 valence electrons. The van der Waals surface area contributed by atoms with Gasteiger partial charge in [-0.15, -0.1) is 12.4 Å². The van der Waals surface area contributed by atoms with Gasteiger partial charge in [0, 0.05) is 13.1 Å². The molecule has 0 amide bonds. The number of rotatable bonds is 4. The maximum absolute atomic E-state index is 5.70. The highest BCUT2D eigenvalue weighted by Crippen LogP contribution is 2.23. The van der Waals surface area contributed by atoms with Crippen LogP contribution in [-0.4, -0.2) is 24.5 Å². The van der Waals surface area contributed by atoms with Gasteiger partial charge in [0.25, 0.3) is 0 Å². The number of hydrogen-bond acceptors (Lipinski definition) is 2. The molecular formula is C17H29ClN2. The fraction of sp³-hybridized carbons (Fsp3) is 0.647. The molecule has 0 aromatic heterocycles. The van der Waals surface area contributed by atoms with Crippen molar-refractivity contribution < 1.29 is 0 Å². The first-order valence-electron chi connectivity index (χ1n) is 7.59. The zero-order valence-electron chi connectivity index (χ0n) is 13.1. The lowest BCUT2D eigenvalue weighted by Crippen LogP contribution is -2.35.